The van der Waals surface area contributed by atoms with Crippen molar-refractivity contribution in [3.05, 3.63) is 88.5 Å². The molecule has 0 fully saturated rings. The van der Waals surface area contributed by atoms with Gasteiger partial charge in [0.1, 0.15) is 11.5 Å². The molecule has 1 aliphatic rings. The molecular weight excluding hydrogens is 400 g/mol. The molecule has 4 nitrogen and oxygen atoms in total. The first-order valence-electron chi connectivity index (χ1n) is 11.0. The third-order valence-corrected chi connectivity index (χ3v) is 5.88. The maximum atomic E-state index is 13.2. The number of carbonyl (C=O) groups excluding carboxylic acids is 2. The van der Waals surface area contributed by atoms with Gasteiger partial charge in [0, 0.05) is 11.1 Å². The molecule has 3 aromatic rings. The Morgan fingerprint density at radius 2 is 1.25 bits per heavy atom. The molecule has 0 heterocycles. The number of aryl methyl sites for hydroxylation is 2. The molecule has 0 atom stereocenters. The van der Waals surface area contributed by atoms with E-state index in [2.05, 4.69) is 13.8 Å². The van der Waals surface area contributed by atoms with Crippen molar-refractivity contribution in [1.29, 1.82) is 0 Å². The summed E-state index contributed by atoms with van der Waals surface area (Å²) in [6, 6.07) is 16.5. The maximum absolute atomic E-state index is 13.2. The van der Waals surface area contributed by atoms with E-state index in [1.54, 1.807) is 0 Å². The molecule has 4 heteroatoms. The maximum Gasteiger partial charge on any atom is 0.198 e. The van der Waals surface area contributed by atoms with Gasteiger partial charge >= 0.3 is 0 Å². The minimum absolute atomic E-state index is 0.144. The van der Waals surface area contributed by atoms with Crippen LogP contribution in [0.2, 0.25) is 0 Å². The van der Waals surface area contributed by atoms with Crippen molar-refractivity contribution >= 4 is 17.1 Å². The average Bonchev–Trinajstić information content (AvgIpc) is 2.79. The monoisotopic (exact) mass is 426 g/mol. The Balaban J connectivity index is 1.76. The number of hydrogen-bond donors (Lipinski definition) is 2. The van der Waals surface area contributed by atoms with Crippen LogP contribution in [0.15, 0.2) is 60.7 Å². The molecule has 4 rings (SSSR count). The van der Waals surface area contributed by atoms with E-state index in [0.717, 1.165) is 31.2 Å². The third-order valence-electron chi connectivity index (χ3n) is 5.88. The highest BCUT2D eigenvalue weighted by molar-refractivity contribution is 6.40. The Hall–Kier alpha value is -3.66. The number of phenols is 2. The second-order valence-corrected chi connectivity index (χ2v) is 8.19. The fourth-order valence-electron chi connectivity index (χ4n) is 4.25. The molecular formula is C28H26O4. The van der Waals surface area contributed by atoms with E-state index in [4.69, 9.17) is 0 Å². The summed E-state index contributed by atoms with van der Waals surface area (Å²) in [5, 5.41) is 21.6. The molecule has 0 spiro atoms. The molecule has 2 N–H and O–H groups in total. The number of phenolic OH excluding ortho intramolecular Hbond substituents is 2. The molecule has 0 radical (unpaired) electrons. The second kappa shape index (κ2) is 8.83. The van der Waals surface area contributed by atoms with Crippen molar-refractivity contribution in [3.8, 4) is 22.6 Å². The van der Waals surface area contributed by atoms with Gasteiger partial charge < -0.3 is 10.2 Å². The second-order valence-electron chi connectivity index (χ2n) is 8.19. The van der Waals surface area contributed by atoms with E-state index >= 15 is 0 Å². The first kappa shape index (κ1) is 21.6. The van der Waals surface area contributed by atoms with Crippen LogP contribution < -0.4 is 0 Å². The number of allylic oxidation sites excluding steroid dienone is 2. The van der Waals surface area contributed by atoms with Crippen LogP contribution in [-0.2, 0) is 12.8 Å². The fourth-order valence-corrected chi connectivity index (χ4v) is 4.25. The highest BCUT2D eigenvalue weighted by Gasteiger charge is 2.33. The van der Waals surface area contributed by atoms with Crippen molar-refractivity contribution in [2.45, 2.75) is 39.5 Å². The molecule has 0 amide bonds. The van der Waals surface area contributed by atoms with Gasteiger partial charge in [0.15, 0.2) is 11.6 Å². The van der Waals surface area contributed by atoms with Crippen LogP contribution in [0, 0.1) is 0 Å². The number of Topliss-reactive ketones (excluding diaryl/α,β-unsaturated/α-hetero) is 1. The topological polar surface area (TPSA) is 74.6 Å². The van der Waals surface area contributed by atoms with Gasteiger partial charge in [0.2, 0.25) is 0 Å². The van der Waals surface area contributed by atoms with Gasteiger partial charge in [0.05, 0.1) is 11.1 Å². The normalized spacial score (nSPS) is 13.1. The summed E-state index contributed by atoms with van der Waals surface area (Å²) >= 11 is 0. The highest BCUT2D eigenvalue weighted by Crippen LogP contribution is 2.43. The Kier molecular flexibility index (Phi) is 5.95. The van der Waals surface area contributed by atoms with Crippen LogP contribution in [0.3, 0.4) is 0 Å². The van der Waals surface area contributed by atoms with Gasteiger partial charge in [-0.3, -0.25) is 9.59 Å². The molecule has 0 aromatic heterocycles. The zero-order valence-corrected chi connectivity index (χ0v) is 18.3. The Labute approximate surface area is 187 Å². The summed E-state index contributed by atoms with van der Waals surface area (Å²) in [6.07, 6.45) is 5.18. The SMILES string of the molecule is CCCc1ccc(C2=CC(=O)c3c(O)c(-c4ccc(CCC)cc4)cc(O)c3C2=O)cc1. The minimum Gasteiger partial charge on any atom is -0.507 e. The average molecular weight is 427 g/mol. The van der Waals surface area contributed by atoms with E-state index < -0.39 is 11.6 Å². The molecule has 0 saturated carbocycles. The van der Waals surface area contributed by atoms with Gasteiger partial charge in [-0.1, -0.05) is 75.2 Å². The van der Waals surface area contributed by atoms with E-state index in [0.29, 0.717) is 16.7 Å². The molecule has 1 aliphatic carbocycles. The minimum atomic E-state index is -0.496. The van der Waals surface area contributed by atoms with Gasteiger partial charge in [-0.15, -0.1) is 0 Å². The lowest BCUT2D eigenvalue weighted by Gasteiger charge is -2.20. The zero-order chi connectivity index (χ0) is 22.8. The molecule has 32 heavy (non-hydrogen) atoms. The molecule has 3 aromatic carbocycles. The van der Waals surface area contributed by atoms with Crippen LogP contribution in [0.4, 0.5) is 0 Å². The quantitative estimate of drug-likeness (QED) is 0.465. The largest absolute Gasteiger partial charge is 0.507 e. The number of fused-ring (bicyclic) bond motifs is 1. The first-order chi connectivity index (χ1) is 15.4. The molecule has 0 saturated heterocycles. The van der Waals surface area contributed by atoms with Crippen molar-refractivity contribution in [2.24, 2.45) is 0 Å². The van der Waals surface area contributed by atoms with Crippen LogP contribution in [-0.4, -0.2) is 21.8 Å². The summed E-state index contributed by atoms with van der Waals surface area (Å²) < 4.78 is 0. The number of hydrogen-bond acceptors (Lipinski definition) is 4. The summed E-state index contributed by atoms with van der Waals surface area (Å²) in [5.41, 5.74) is 3.86. The smallest absolute Gasteiger partial charge is 0.198 e. The fraction of sp³-hybridized carbons (Fsp3) is 0.214. The summed E-state index contributed by atoms with van der Waals surface area (Å²) in [6.45, 7) is 4.20. The van der Waals surface area contributed by atoms with Crippen molar-refractivity contribution in [3.63, 3.8) is 0 Å². The third kappa shape index (κ3) is 3.84. The molecule has 0 aliphatic heterocycles. The van der Waals surface area contributed by atoms with Crippen molar-refractivity contribution < 1.29 is 19.8 Å². The number of carbonyl (C=O) groups is 2. The number of ketones is 2. The van der Waals surface area contributed by atoms with Gasteiger partial charge in [-0.05, 0) is 47.2 Å². The van der Waals surface area contributed by atoms with E-state index in [-0.39, 0.29) is 28.2 Å². The van der Waals surface area contributed by atoms with Crippen LogP contribution in [0.1, 0.15) is 64.1 Å². The molecule has 162 valence electrons. The predicted molar refractivity (Wildman–Crippen MR) is 126 cm³/mol. The predicted octanol–water partition coefficient (Wildman–Crippen LogP) is 6.13. The first-order valence-corrected chi connectivity index (χ1v) is 11.0. The number of aromatic hydroxyl groups is 2. The zero-order valence-electron chi connectivity index (χ0n) is 18.3. The number of rotatable bonds is 6. The Morgan fingerprint density at radius 1 is 0.719 bits per heavy atom. The highest BCUT2D eigenvalue weighted by atomic mass is 16.3. The van der Waals surface area contributed by atoms with E-state index in [1.165, 1.54) is 17.7 Å². The van der Waals surface area contributed by atoms with Gasteiger partial charge in [0.25, 0.3) is 0 Å². The van der Waals surface area contributed by atoms with Crippen molar-refractivity contribution in [1.82, 2.24) is 0 Å². The Bertz CT molecular complexity index is 1220. The van der Waals surface area contributed by atoms with Crippen LogP contribution in [0.25, 0.3) is 16.7 Å². The molecule has 0 bridgehead atoms. The Morgan fingerprint density at radius 3 is 1.78 bits per heavy atom. The number of benzene rings is 3. The summed E-state index contributed by atoms with van der Waals surface area (Å²) in [4.78, 5) is 26.2. The lowest BCUT2D eigenvalue weighted by Crippen LogP contribution is -2.17. The summed E-state index contributed by atoms with van der Waals surface area (Å²) in [7, 11) is 0. The standard InChI is InChI=1S/C28H26O4/c1-3-5-17-7-11-19(12-8-17)21-15-23(29)26-25(27(21)31)24(30)16-22(28(26)32)20-13-9-18(6-4-2)10-14-20/h7-16,29,31H,3-6H2,1-2H3. The lowest BCUT2D eigenvalue weighted by molar-refractivity contribution is 0.0997. The van der Waals surface area contributed by atoms with Gasteiger partial charge in [-0.25, -0.2) is 0 Å². The van der Waals surface area contributed by atoms with Crippen LogP contribution >= 0.6 is 0 Å². The summed E-state index contributed by atoms with van der Waals surface area (Å²) in [5.74, 6) is -1.56. The van der Waals surface area contributed by atoms with E-state index in [9.17, 15) is 19.8 Å². The lowest BCUT2D eigenvalue weighted by atomic mass is 9.83. The van der Waals surface area contributed by atoms with Crippen molar-refractivity contribution in [2.75, 3.05) is 0 Å². The van der Waals surface area contributed by atoms with E-state index in [1.807, 2.05) is 48.5 Å². The molecule has 0 unspecified atom stereocenters. The van der Waals surface area contributed by atoms with Crippen LogP contribution in [0.5, 0.6) is 11.5 Å². The van der Waals surface area contributed by atoms with Gasteiger partial charge in [-0.2, -0.15) is 0 Å².